The van der Waals surface area contributed by atoms with E-state index in [1.54, 1.807) is 0 Å². The Morgan fingerprint density at radius 2 is 2.29 bits per heavy atom. The number of nitrogens with zero attached hydrogens (tertiary/aromatic N) is 2. The summed E-state index contributed by atoms with van der Waals surface area (Å²) >= 11 is 5.69. The van der Waals surface area contributed by atoms with Gasteiger partial charge in [0.15, 0.2) is 0 Å². The summed E-state index contributed by atoms with van der Waals surface area (Å²) in [5, 5.41) is 13.6. The van der Waals surface area contributed by atoms with Crippen LogP contribution in [0.25, 0.3) is 0 Å². The van der Waals surface area contributed by atoms with E-state index < -0.39 is 4.92 Å². The zero-order valence-corrected chi connectivity index (χ0v) is 8.58. The molecule has 0 spiro atoms. The van der Waals surface area contributed by atoms with Crippen LogP contribution in [0.3, 0.4) is 0 Å². The number of halogens is 1. The van der Waals surface area contributed by atoms with Crippen LogP contribution >= 0.6 is 11.6 Å². The molecule has 5 nitrogen and oxygen atoms in total. The first-order valence-electron chi connectivity index (χ1n) is 4.07. The van der Waals surface area contributed by atoms with Crippen LogP contribution in [0, 0.1) is 10.1 Å². The number of hydrogen-bond acceptors (Lipinski definition) is 4. The van der Waals surface area contributed by atoms with Crippen molar-refractivity contribution >= 4 is 23.1 Å². The van der Waals surface area contributed by atoms with Crippen LogP contribution in [0.5, 0.6) is 0 Å². The van der Waals surface area contributed by atoms with Gasteiger partial charge in [0.1, 0.15) is 5.02 Å². The van der Waals surface area contributed by atoms with E-state index in [0.717, 1.165) is 0 Å². The van der Waals surface area contributed by atoms with Crippen molar-refractivity contribution in [2.24, 2.45) is 0 Å². The van der Waals surface area contributed by atoms with E-state index in [4.69, 9.17) is 11.6 Å². The highest BCUT2D eigenvalue weighted by Gasteiger charge is 2.19. The molecule has 0 radical (unpaired) electrons. The SMILES string of the molecule is CC(C)Nc1nccc(Cl)c1[N+](=O)[O-]. The predicted molar refractivity (Wildman–Crippen MR) is 54.7 cm³/mol. The zero-order valence-electron chi connectivity index (χ0n) is 7.82. The summed E-state index contributed by atoms with van der Waals surface area (Å²) < 4.78 is 0. The molecule has 0 unspecified atom stereocenters. The van der Waals surface area contributed by atoms with E-state index in [1.807, 2.05) is 13.8 Å². The molecular weight excluding hydrogens is 206 g/mol. The van der Waals surface area contributed by atoms with Gasteiger partial charge in [-0.05, 0) is 19.9 Å². The molecular formula is C8H10ClN3O2. The Balaban J connectivity index is 3.14. The minimum atomic E-state index is -0.542. The van der Waals surface area contributed by atoms with E-state index >= 15 is 0 Å². The molecule has 0 aliphatic heterocycles. The van der Waals surface area contributed by atoms with Gasteiger partial charge in [-0.25, -0.2) is 4.98 Å². The molecule has 1 rings (SSSR count). The fourth-order valence-electron chi connectivity index (χ4n) is 0.983. The van der Waals surface area contributed by atoms with Crippen molar-refractivity contribution in [2.75, 3.05) is 5.32 Å². The lowest BCUT2D eigenvalue weighted by Gasteiger charge is -2.09. The number of anilines is 1. The van der Waals surface area contributed by atoms with Crippen molar-refractivity contribution in [3.63, 3.8) is 0 Å². The van der Waals surface area contributed by atoms with Crippen LogP contribution in [-0.4, -0.2) is 15.9 Å². The number of rotatable bonds is 3. The highest BCUT2D eigenvalue weighted by Crippen LogP contribution is 2.30. The molecule has 0 amide bonds. The van der Waals surface area contributed by atoms with Gasteiger partial charge in [-0.2, -0.15) is 0 Å². The first-order valence-corrected chi connectivity index (χ1v) is 4.45. The van der Waals surface area contributed by atoms with Crippen LogP contribution in [0.2, 0.25) is 5.02 Å². The van der Waals surface area contributed by atoms with Gasteiger partial charge in [-0.3, -0.25) is 10.1 Å². The van der Waals surface area contributed by atoms with Crippen molar-refractivity contribution in [2.45, 2.75) is 19.9 Å². The summed E-state index contributed by atoms with van der Waals surface area (Å²) in [6, 6.07) is 1.46. The first kappa shape index (κ1) is 10.7. The third-order valence-electron chi connectivity index (χ3n) is 1.48. The minimum absolute atomic E-state index is 0.0691. The lowest BCUT2D eigenvalue weighted by molar-refractivity contribution is -0.384. The average molecular weight is 216 g/mol. The Labute approximate surface area is 86.3 Å². The van der Waals surface area contributed by atoms with Crippen LogP contribution in [0.15, 0.2) is 12.3 Å². The van der Waals surface area contributed by atoms with Crippen LogP contribution in [-0.2, 0) is 0 Å². The molecule has 0 aromatic carbocycles. The molecule has 1 aromatic heterocycles. The number of hydrogen-bond donors (Lipinski definition) is 1. The van der Waals surface area contributed by atoms with E-state index in [1.165, 1.54) is 12.3 Å². The second-order valence-electron chi connectivity index (χ2n) is 3.05. The number of pyridine rings is 1. The highest BCUT2D eigenvalue weighted by atomic mass is 35.5. The lowest BCUT2D eigenvalue weighted by Crippen LogP contribution is -2.12. The molecule has 0 fully saturated rings. The smallest absolute Gasteiger partial charge is 0.329 e. The lowest BCUT2D eigenvalue weighted by atomic mass is 10.3. The maximum atomic E-state index is 10.7. The second kappa shape index (κ2) is 4.23. The molecule has 0 bridgehead atoms. The normalized spacial score (nSPS) is 10.3. The average Bonchev–Trinajstić information content (AvgIpc) is 2.01. The third-order valence-corrected chi connectivity index (χ3v) is 1.79. The third kappa shape index (κ3) is 2.32. The largest absolute Gasteiger partial charge is 0.362 e. The molecule has 6 heteroatoms. The van der Waals surface area contributed by atoms with E-state index in [0.29, 0.717) is 0 Å². The predicted octanol–water partition coefficient (Wildman–Crippen LogP) is 2.46. The number of nitro groups is 1. The van der Waals surface area contributed by atoms with Crippen molar-refractivity contribution in [1.82, 2.24) is 4.98 Å². The topological polar surface area (TPSA) is 68.1 Å². The number of nitrogens with one attached hydrogen (secondary N) is 1. The summed E-state index contributed by atoms with van der Waals surface area (Å²) in [7, 11) is 0. The van der Waals surface area contributed by atoms with Crippen LogP contribution < -0.4 is 5.32 Å². The van der Waals surface area contributed by atoms with Gasteiger partial charge in [-0.1, -0.05) is 11.6 Å². The Bertz CT molecular complexity index is 354. The van der Waals surface area contributed by atoms with Gasteiger partial charge in [0, 0.05) is 12.2 Å². The molecule has 0 atom stereocenters. The molecule has 1 N–H and O–H groups in total. The van der Waals surface area contributed by atoms with E-state index in [-0.39, 0.29) is 22.6 Å². The van der Waals surface area contributed by atoms with Gasteiger partial charge < -0.3 is 5.32 Å². The first-order chi connectivity index (χ1) is 6.52. The summed E-state index contributed by atoms with van der Waals surface area (Å²) in [5.74, 6) is 0.206. The summed E-state index contributed by atoms with van der Waals surface area (Å²) in [4.78, 5) is 14.0. The standard InChI is InChI=1S/C8H10ClN3O2/c1-5(2)11-8-7(12(13)14)6(9)3-4-10-8/h3-5H,1-2H3,(H,10,11). The monoisotopic (exact) mass is 215 g/mol. The Morgan fingerprint density at radius 3 is 2.79 bits per heavy atom. The van der Waals surface area contributed by atoms with E-state index in [9.17, 15) is 10.1 Å². The molecule has 0 saturated heterocycles. The van der Waals surface area contributed by atoms with Crippen molar-refractivity contribution in [1.29, 1.82) is 0 Å². The second-order valence-corrected chi connectivity index (χ2v) is 3.45. The molecule has 0 saturated carbocycles. The van der Waals surface area contributed by atoms with Gasteiger partial charge >= 0.3 is 5.69 Å². The van der Waals surface area contributed by atoms with Crippen LogP contribution in [0.4, 0.5) is 11.5 Å². The fraction of sp³-hybridized carbons (Fsp3) is 0.375. The summed E-state index contributed by atoms with van der Waals surface area (Å²) in [6.07, 6.45) is 1.43. The van der Waals surface area contributed by atoms with Gasteiger partial charge in [-0.15, -0.1) is 0 Å². The quantitative estimate of drug-likeness (QED) is 0.621. The fourth-order valence-corrected chi connectivity index (χ4v) is 1.20. The molecule has 0 aliphatic carbocycles. The van der Waals surface area contributed by atoms with Gasteiger partial charge in [0.25, 0.3) is 0 Å². The minimum Gasteiger partial charge on any atom is -0.362 e. The van der Waals surface area contributed by atoms with E-state index in [2.05, 4.69) is 10.3 Å². The molecule has 1 aromatic rings. The summed E-state index contributed by atoms with van der Waals surface area (Å²) in [6.45, 7) is 3.73. The maximum Gasteiger partial charge on any atom is 0.329 e. The highest BCUT2D eigenvalue weighted by molar-refractivity contribution is 6.33. The van der Waals surface area contributed by atoms with Crippen molar-refractivity contribution < 1.29 is 4.92 Å². The molecule has 14 heavy (non-hydrogen) atoms. The Kier molecular flexibility index (Phi) is 3.24. The van der Waals surface area contributed by atoms with Crippen LogP contribution in [0.1, 0.15) is 13.8 Å². The maximum absolute atomic E-state index is 10.7. The zero-order chi connectivity index (χ0) is 10.7. The molecule has 0 aliphatic rings. The summed E-state index contributed by atoms with van der Waals surface area (Å²) in [5.41, 5.74) is -0.178. The van der Waals surface area contributed by atoms with Gasteiger partial charge in [0.2, 0.25) is 5.82 Å². The number of aromatic nitrogens is 1. The molecule has 1 heterocycles. The van der Waals surface area contributed by atoms with Gasteiger partial charge in [0.05, 0.1) is 4.92 Å². The Morgan fingerprint density at radius 1 is 1.64 bits per heavy atom. The Hall–Kier alpha value is -1.36. The van der Waals surface area contributed by atoms with Crippen molar-refractivity contribution in [3.05, 3.63) is 27.4 Å². The van der Waals surface area contributed by atoms with Crippen molar-refractivity contribution in [3.8, 4) is 0 Å². The molecule has 76 valence electrons.